The monoisotopic (exact) mass is 657 g/mol. The summed E-state index contributed by atoms with van der Waals surface area (Å²) < 4.78 is 23.1. The highest BCUT2D eigenvalue weighted by Crippen LogP contribution is 2.46. The van der Waals surface area contributed by atoms with Crippen molar-refractivity contribution in [2.24, 2.45) is 0 Å². The van der Waals surface area contributed by atoms with Crippen LogP contribution in [0.25, 0.3) is 0 Å². The molecule has 252 valence electrons. The van der Waals surface area contributed by atoms with Crippen molar-refractivity contribution in [1.82, 2.24) is 10.6 Å². The van der Waals surface area contributed by atoms with Gasteiger partial charge in [-0.15, -0.1) is 0 Å². The molecule has 48 heavy (non-hydrogen) atoms. The molecule has 1 fully saturated rings. The summed E-state index contributed by atoms with van der Waals surface area (Å²) in [5.74, 6) is 1.30. The molecule has 1 saturated carbocycles. The molecule has 5 rings (SSSR count). The molecule has 0 radical (unpaired) electrons. The maximum Gasteiger partial charge on any atom is 0.256 e. The van der Waals surface area contributed by atoms with Crippen molar-refractivity contribution in [3.8, 4) is 34.8 Å². The molecule has 1 atom stereocenters. The zero-order valence-corrected chi connectivity index (χ0v) is 27.5. The Morgan fingerprint density at radius 2 is 1.67 bits per heavy atom. The van der Waals surface area contributed by atoms with Gasteiger partial charge in [-0.25, -0.2) is 0 Å². The Labute approximate surface area is 279 Å². The van der Waals surface area contributed by atoms with E-state index in [1.165, 1.54) is 28.1 Å². The van der Waals surface area contributed by atoms with E-state index >= 15 is 0 Å². The van der Waals surface area contributed by atoms with Crippen LogP contribution < -0.4 is 40.4 Å². The first-order valence-corrected chi connectivity index (χ1v) is 15.4. The largest absolute Gasteiger partial charge is 0.493 e. The van der Waals surface area contributed by atoms with Crippen LogP contribution in [0.1, 0.15) is 38.7 Å². The van der Waals surface area contributed by atoms with Crippen LogP contribution >= 0.6 is 0 Å². The lowest BCUT2D eigenvalue weighted by Gasteiger charge is -2.38. The fourth-order valence-electron chi connectivity index (χ4n) is 5.13. The molecule has 3 aromatic carbocycles. The van der Waals surface area contributed by atoms with Crippen molar-refractivity contribution < 1.29 is 38.3 Å². The molecular formula is C35H39N5O8. The van der Waals surface area contributed by atoms with Gasteiger partial charge in [0, 0.05) is 36.7 Å². The molecule has 4 N–H and O–H groups in total. The van der Waals surface area contributed by atoms with E-state index in [0.717, 1.165) is 19.3 Å². The summed E-state index contributed by atoms with van der Waals surface area (Å²) in [6, 6.07) is 19.8. The van der Waals surface area contributed by atoms with Crippen LogP contribution in [0.2, 0.25) is 0 Å². The number of fused-ring (bicyclic) bond motifs is 1. The third-order valence-corrected chi connectivity index (χ3v) is 8.10. The number of methoxy groups -OCH3 is 3. The lowest BCUT2D eigenvalue weighted by atomic mass is 9.90. The fraction of sp³-hybridized carbons (Fsp3) is 0.343. The molecule has 1 aliphatic carbocycles. The molecule has 1 aliphatic heterocycles. The normalized spacial score (nSPS) is 16.9. The fourth-order valence-corrected chi connectivity index (χ4v) is 5.13. The van der Waals surface area contributed by atoms with Gasteiger partial charge >= 0.3 is 0 Å². The van der Waals surface area contributed by atoms with Crippen LogP contribution in [0.4, 0.5) is 11.4 Å². The Morgan fingerprint density at radius 3 is 2.29 bits per heavy atom. The highest BCUT2D eigenvalue weighted by molar-refractivity contribution is 5.89. The quantitative estimate of drug-likeness (QED) is 0.104. The van der Waals surface area contributed by atoms with Crippen molar-refractivity contribution in [1.29, 1.82) is 5.26 Å². The maximum absolute atomic E-state index is 12.7. The molecule has 13 nitrogen and oxygen atoms in total. The zero-order chi connectivity index (χ0) is 34.3. The number of nitrogens with one attached hydrogen (secondary N) is 4. The number of benzene rings is 3. The van der Waals surface area contributed by atoms with E-state index in [9.17, 15) is 14.9 Å². The second-order valence-electron chi connectivity index (χ2n) is 11.7. The molecule has 2 amide bonds. The first-order chi connectivity index (χ1) is 23.1. The lowest BCUT2D eigenvalue weighted by molar-refractivity contribution is -0.272. The zero-order valence-electron chi connectivity index (χ0n) is 27.5. The van der Waals surface area contributed by atoms with Crippen molar-refractivity contribution >= 4 is 23.2 Å². The minimum absolute atomic E-state index is 0.154. The Hall–Kier alpha value is -5.45. The number of hydrogen-bond donors (Lipinski definition) is 4. The van der Waals surface area contributed by atoms with E-state index in [1.54, 1.807) is 74.0 Å². The molecule has 0 aromatic heterocycles. The van der Waals surface area contributed by atoms with Gasteiger partial charge in [0.05, 0.1) is 26.5 Å². The number of amides is 2. The predicted octanol–water partition coefficient (Wildman–Crippen LogP) is 5.11. The predicted molar refractivity (Wildman–Crippen MR) is 177 cm³/mol. The van der Waals surface area contributed by atoms with E-state index in [-0.39, 0.29) is 24.2 Å². The van der Waals surface area contributed by atoms with Gasteiger partial charge < -0.3 is 45.1 Å². The van der Waals surface area contributed by atoms with E-state index in [4.69, 9.17) is 28.7 Å². The third-order valence-electron chi connectivity index (χ3n) is 8.10. The average molecular weight is 658 g/mol. The molecular weight excluding hydrogens is 618 g/mol. The molecule has 0 spiro atoms. The van der Waals surface area contributed by atoms with E-state index in [2.05, 4.69) is 27.3 Å². The number of hydrogen-bond acceptors (Lipinski definition) is 11. The molecule has 0 bridgehead atoms. The Morgan fingerprint density at radius 1 is 0.979 bits per heavy atom. The summed E-state index contributed by atoms with van der Waals surface area (Å²) in [6.45, 7) is 2.92. The second kappa shape index (κ2) is 14.5. The number of carbonyl (C=O) groups excluding carboxylic acids is 2. The SMILES string of the molecule is COc1cc2c(cc1OC)C(Nc1ccc(Oc3ccccc3OOC(C)(C)C(=O)NCC(=O)NC3CCC3)cc1)(OC)C(C#N)=CN2. The van der Waals surface area contributed by atoms with Crippen molar-refractivity contribution in [3.63, 3.8) is 0 Å². The number of carbonyl (C=O) groups is 2. The first kappa shape index (κ1) is 33.9. The Balaban J connectivity index is 1.26. The molecule has 2 aliphatic rings. The minimum atomic E-state index is -1.41. The summed E-state index contributed by atoms with van der Waals surface area (Å²) in [6.07, 6.45) is 4.60. The summed E-state index contributed by atoms with van der Waals surface area (Å²) in [5.41, 5.74) is -0.515. The number of ether oxygens (including phenoxy) is 4. The van der Waals surface area contributed by atoms with Crippen LogP contribution in [0.15, 0.2) is 72.4 Å². The van der Waals surface area contributed by atoms with Crippen molar-refractivity contribution in [2.45, 2.75) is 50.5 Å². The van der Waals surface area contributed by atoms with Crippen molar-refractivity contribution in [3.05, 3.63) is 78.0 Å². The van der Waals surface area contributed by atoms with Crippen LogP contribution in [0, 0.1) is 11.3 Å². The van der Waals surface area contributed by atoms with Gasteiger partial charge in [0.1, 0.15) is 17.4 Å². The third kappa shape index (κ3) is 7.25. The first-order valence-electron chi connectivity index (χ1n) is 15.4. The van der Waals surface area contributed by atoms with E-state index < -0.39 is 17.2 Å². The number of anilines is 2. The average Bonchev–Trinajstić information content (AvgIpc) is 3.08. The van der Waals surface area contributed by atoms with E-state index in [1.807, 2.05) is 0 Å². The smallest absolute Gasteiger partial charge is 0.256 e. The number of para-hydroxylation sites is 2. The van der Waals surface area contributed by atoms with Crippen LogP contribution in [0.5, 0.6) is 28.7 Å². The summed E-state index contributed by atoms with van der Waals surface area (Å²) >= 11 is 0. The van der Waals surface area contributed by atoms with Gasteiger partial charge in [-0.3, -0.25) is 9.59 Å². The van der Waals surface area contributed by atoms with Crippen LogP contribution in [-0.4, -0.2) is 51.3 Å². The molecule has 13 heteroatoms. The minimum Gasteiger partial charge on any atom is -0.493 e. The molecule has 1 unspecified atom stereocenters. The second-order valence-corrected chi connectivity index (χ2v) is 11.7. The number of nitriles is 1. The van der Waals surface area contributed by atoms with Gasteiger partial charge in [-0.2, -0.15) is 10.1 Å². The highest BCUT2D eigenvalue weighted by atomic mass is 17.2. The van der Waals surface area contributed by atoms with Gasteiger partial charge in [-0.1, -0.05) is 12.1 Å². The van der Waals surface area contributed by atoms with Crippen molar-refractivity contribution in [2.75, 3.05) is 38.5 Å². The van der Waals surface area contributed by atoms with Gasteiger partial charge in [0.25, 0.3) is 5.91 Å². The highest BCUT2D eigenvalue weighted by Gasteiger charge is 2.42. The Bertz CT molecular complexity index is 1710. The Kier molecular flexibility index (Phi) is 10.3. The molecule has 3 aromatic rings. The van der Waals surface area contributed by atoms with Gasteiger partial charge in [0.15, 0.2) is 22.8 Å². The summed E-state index contributed by atoms with van der Waals surface area (Å²) in [7, 11) is 4.60. The number of nitrogens with zero attached hydrogens (tertiary/aromatic N) is 1. The molecule has 0 saturated heterocycles. The molecule has 1 heterocycles. The lowest BCUT2D eigenvalue weighted by Crippen LogP contribution is -2.50. The maximum atomic E-state index is 12.7. The number of rotatable bonds is 14. The standard InChI is InChI=1S/C35H39N5O8/c1-34(2,33(42)38-21-32(41)39-23-9-8-10-23)48-47-29-12-7-6-11-28(29)46-25-15-13-24(14-16-25)40-35(45-5)22(19-36)20-37-27-18-31(44-4)30(43-3)17-26(27)35/h6-7,11-18,20,23,37,40H,8-10,21H2,1-5H3,(H,38,42)(H,39,41). The van der Waals surface area contributed by atoms with Gasteiger partial charge in [-0.05, 0) is 75.6 Å². The summed E-state index contributed by atoms with van der Waals surface area (Å²) in [4.78, 5) is 35.9. The topological polar surface area (TPSA) is 161 Å². The van der Waals surface area contributed by atoms with Crippen LogP contribution in [-0.2, 0) is 24.9 Å². The summed E-state index contributed by atoms with van der Waals surface area (Å²) in [5, 5.41) is 22.0. The van der Waals surface area contributed by atoms with Crippen LogP contribution in [0.3, 0.4) is 0 Å². The van der Waals surface area contributed by atoms with E-state index in [0.29, 0.717) is 45.5 Å². The van der Waals surface area contributed by atoms with Gasteiger partial charge in [0.2, 0.25) is 17.4 Å².